The molecule has 0 unspecified atom stereocenters. The Morgan fingerprint density at radius 3 is 2.30 bits per heavy atom. The van der Waals surface area contributed by atoms with E-state index in [0.29, 0.717) is 6.42 Å². The third-order valence-electron chi connectivity index (χ3n) is 4.71. The molecule has 3 heterocycles. The van der Waals surface area contributed by atoms with Crippen molar-refractivity contribution in [3.63, 3.8) is 0 Å². The van der Waals surface area contributed by atoms with E-state index < -0.39 is 0 Å². The smallest absolute Gasteiger partial charge is 0.225 e. The molecule has 2 saturated heterocycles. The Hall–Kier alpha value is -1.73. The second kappa shape index (κ2) is 7.70. The zero-order valence-electron chi connectivity index (χ0n) is 13.9. The molecule has 0 saturated carbocycles. The van der Waals surface area contributed by atoms with Crippen molar-refractivity contribution in [3.8, 4) is 0 Å². The topological polar surface area (TPSA) is 55.8 Å². The van der Waals surface area contributed by atoms with E-state index in [9.17, 15) is 4.79 Å². The fraction of sp³-hybridized carbons (Fsp3) is 0.688. The molecular weight excluding hydrogens is 292 g/mol. The summed E-state index contributed by atoms with van der Waals surface area (Å²) in [5.41, 5.74) is 0. The number of piperazine rings is 2. The average Bonchev–Trinajstić information content (AvgIpc) is 2.62. The summed E-state index contributed by atoms with van der Waals surface area (Å²) in [7, 11) is 2.15. The molecule has 1 amide bonds. The normalized spacial score (nSPS) is 20.7. The minimum atomic E-state index is 0.276. The second-order valence-electron chi connectivity index (χ2n) is 6.31. The molecule has 0 aromatic carbocycles. The number of amides is 1. The number of anilines is 1. The van der Waals surface area contributed by atoms with Crippen molar-refractivity contribution in [2.45, 2.75) is 6.42 Å². The fourth-order valence-corrected chi connectivity index (χ4v) is 3.09. The van der Waals surface area contributed by atoms with Gasteiger partial charge in [0.25, 0.3) is 0 Å². The second-order valence-corrected chi connectivity index (χ2v) is 6.31. The molecule has 0 spiro atoms. The van der Waals surface area contributed by atoms with Crippen molar-refractivity contribution >= 4 is 11.9 Å². The number of hydrogen-bond acceptors (Lipinski definition) is 6. The Balaban J connectivity index is 1.40. The Bertz CT molecular complexity index is 495. The molecule has 1 aromatic heterocycles. The first-order valence-corrected chi connectivity index (χ1v) is 8.43. The van der Waals surface area contributed by atoms with Crippen LogP contribution >= 0.6 is 0 Å². The molecule has 3 rings (SSSR count). The number of nitrogens with zero attached hydrogens (tertiary/aromatic N) is 6. The van der Waals surface area contributed by atoms with Crippen molar-refractivity contribution in [3.05, 3.63) is 18.5 Å². The third kappa shape index (κ3) is 4.39. The molecule has 7 heteroatoms. The first-order chi connectivity index (χ1) is 11.2. The summed E-state index contributed by atoms with van der Waals surface area (Å²) in [4.78, 5) is 29.8. The van der Waals surface area contributed by atoms with E-state index in [4.69, 9.17) is 0 Å². The largest absolute Gasteiger partial charge is 0.339 e. The monoisotopic (exact) mass is 318 g/mol. The van der Waals surface area contributed by atoms with Gasteiger partial charge in [0.2, 0.25) is 11.9 Å². The lowest BCUT2D eigenvalue weighted by molar-refractivity contribution is -0.131. The van der Waals surface area contributed by atoms with Crippen LogP contribution in [0.2, 0.25) is 0 Å². The number of aromatic nitrogens is 2. The van der Waals surface area contributed by atoms with Gasteiger partial charge >= 0.3 is 0 Å². The number of carbonyl (C=O) groups excluding carboxylic acids is 1. The number of carbonyl (C=O) groups is 1. The van der Waals surface area contributed by atoms with E-state index in [0.717, 1.165) is 64.9 Å². The molecular formula is C16H26N6O. The van der Waals surface area contributed by atoms with Crippen molar-refractivity contribution in [2.24, 2.45) is 0 Å². The summed E-state index contributed by atoms with van der Waals surface area (Å²) < 4.78 is 0. The van der Waals surface area contributed by atoms with Crippen LogP contribution in [0.4, 0.5) is 5.95 Å². The maximum atomic E-state index is 12.4. The molecule has 0 radical (unpaired) electrons. The first kappa shape index (κ1) is 16.1. The Morgan fingerprint density at radius 1 is 1.00 bits per heavy atom. The molecule has 2 fully saturated rings. The zero-order chi connectivity index (χ0) is 16.1. The molecule has 1 aromatic rings. The number of hydrogen-bond donors (Lipinski definition) is 0. The lowest BCUT2D eigenvalue weighted by Crippen LogP contribution is -2.50. The van der Waals surface area contributed by atoms with E-state index >= 15 is 0 Å². The maximum absolute atomic E-state index is 12.4. The maximum Gasteiger partial charge on any atom is 0.225 e. The van der Waals surface area contributed by atoms with Gasteiger partial charge in [0, 0.05) is 77.7 Å². The fourth-order valence-electron chi connectivity index (χ4n) is 3.09. The standard InChI is InChI=1S/C16H26N6O/c1-19-7-9-20(10-8-19)6-3-15(23)21-11-13-22(14-12-21)16-17-4-2-5-18-16/h2,4-5H,3,6-14H2,1H3. The highest BCUT2D eigenvalue weighted by Gasteiger charge is 2.23. The molecule has 2 aliphatic heterocycles. The SMILES string of the molecule is CN1CCN(CCC(=O)N2CCN(c3ncccn3)CC2)CC1. The summed E-state index contributed by atoms with van der Waals surface area (Å²) >= 11 is 0. The lowest BCUT2D eigenvalue weighted by atomic mass is 10.2. The van der Waals surface area contributed by atoms with E-state index in [1.54, 1.807) is 12.4 Å². The molecule has 0 bridgehead atoms. The van der Waals surface area contributed by atoms with Crippen molar-refractivity contribution < 1.29 is 4.79 Å². The van der Waals surface area contributed by atoms with Gasteiger partial charge < -0.3 is 19.6 Å². The predicted octanol–water partition coefficient (Wildman–Crippen LogP) is -0.237. The van der Waals surface area contributed by atoms with Crippen LogP contribution in [0.1, 0.15) is 6.42 Å². The molecule has 23 heavy (non-hydrogen) atoms. The van der Waals surface area contributed by atoms with Crippen LogP contribution in [0.3, 0.4) is 0 Å². The Morgan fingerprint density at radius 2 is 1.65 bits per heavy atom. The molecule has 0 atom stereocenters. The predicted molar refractivity (Wildman–Crippen MR) is 89.4 cm³/mol. The van der Waals surface area contributed by atoms with Gasteiger partial charge in [-0.2, -0.15) is 0 Å². The van der Waals surface area contributed by atoms with E-state index in [-0.39, 0.29) is 5.91 Å². The highest BCUT2D eigenvalue weighted by atomic mass is 16.2. The molecule has 0 N–H and O–H groups in total. The van der Waals surface area contributed by atoms with Gasteiger partial charge in [0.05, 0.1) is 0 Å². The van der Waals surface area contributed by atoms with Crippen LogP contribution in [-0.2, 0) is 4.79 Å². The van der Waals surface area contributed by atoms with Crippen LogP contribution in [0.15, 0.2) is 18.5 Å². The molecule has 7 nitrogen and oxygen atoms in total. The Labute approximate surface area is 137 Å². The minimum absolute atomic E-state index is 0.276. The van der Waals surface area contributed by atoms with Crippen LogP contribution in [0.25, 0.3) is 0 Å². The van der Waals surface area contributed by atoms with Crippen LogP contribution in [-0.4, -0.2) is 96.5 Å². The number of rotatable bonds is 4. The molecule has 0 aliphatic carbocycles. The van der Waals surface area contributed by atoms with Crippen molar-refractivity contribution in [1.82, 2.24) is 24.7 Å². The summed E-state index contributed by atoms with van der Waals surface area (Å²) in [5, 5.41) is 0. The van der Waals surface area contributed by atoms with Crippen molar-refractivity contribution in [1.29, 1.82) is 0 Å². The van der Waals surface area contributed by atoms with Crippen LogP contribution in [0, 0.1) is 0 Å². The summed E-state index contributed by atoms with van der Waals surface area (Å²) in [6.45, 7) is 8.38. The minimum Gasteiger partial charge on any atom is -0.339 e. The highest BCUT2D eigenvalue weighted by molar-refractivity contribution is 5.76. The summed E-state index contributed by atoms with van der Waals surface area (Å²) in [6, 6.07) is 1.82. The number of likely N-dealkylation sites (N-methyl/N-ethyl adjacent to an activating group) is 1. The quantitative estimate of drug-likeness (QED) is 0.764. The van der Waals surface area contributed by atoms with Gasteiger partial charge in [-0.3, -0.25) is 4.79 Å². The first-order valence-electron chi connectivity index (χ1n) is 8.43. The molecule has 126 valence electrons. The zero-order valence-corrected chi connectivity index (χ0v) is 13.9. The third-order valence-corrected chi connectivity index (χ3v) is 4.71. The van der Waals surface area contributed by atoms with Gasteiger partial charge in [0.1, 0.15) is 0 Å². The molecule has 2 aliphatic rings. The van der Waals surface area contributed by atoms with Gasteiger partial charge in [0.15, 0.2) is 0 Å². The highest BCUT2D eigenvalue weighted by Crippen LogP contribution is 2.11. The van der Waals surface area contributed by atoms with E-state index in [1.807, 2.05) is 11.0 Å². The Kier molecular flexibility index (Phi) is 5.40. The average molecular weight is 318 g/mol. The van der Waals surface area contributed by atoms with Crippen LogP contribution in [0.5, 0.6) is 0 Å². The van der Waals surface area contributed by atoms with Gasteiger partial charge in [-0.1, -0.05) is 0 Å². The van der Waals surface area contributed by atoms with Gasteiger partial charge in [-0.05, 0) is 13.1 Å². The van der Waals surface area contributed by atoms with Crippen molar-refractivity contribution in [2.75, 3.05) is 70.9 Å². The van der Waals surface area contributed by atoms with Gasteiger partial charge in [-0.25, -0.2) is 9.97 Å². The van der Waals surface area contributed by atoms with Crippen LogP contribution < -0.4 is 4.90 Å². The summed E-state index contributed by atoms with van der Waals surface area (Å²) in [5.74, 6) is 1.04. The summed E-state index contributed by atoms with van der Waals surface area (Å²) in [6.07, 6.45) is 4.15. The van der Waals surface area contributed by atoms with E-state index in [1.165, 1.54) is 0 Å². The lowest BCUT2D eigenvalue weighted by Gasteiger charge is -2.36. The van der Waals surface area contributed by atoms with Gasteiger partial charge in [-0.15, -0.1) is 0 Å². The van der Waals surface area contributed by atoms with E-state index in [2.05, 4.69) is 31.7 Å².